The van der Waals surface area contributed by atoms with Crippen molar-refractivity contribution in [2.24, 2.45) is 0 Å². The molecular weight excluding hydrogens is 296 g/mol. The SMILES string of the molecule is Cc1ccc(S(=O)(=O)Nc2cccc(C3CCCN3)c2)cc1. The van der Waals surface area contributed by atoms with Gasteiger partial charge in [-0.25, -0.2) is 8.42 Å². The molecule has 0 bridgehead atoms. The number of sulfonamides is 1. The Hall–Kier alpha value is -1.85. The Morgan fingerprint density at radius 3 is 2.59 bits per heavy atom. The molecule has 0 radical (unpaired) electrons. The van der Waals surface area contributed by atoms with Crippen molar-refractivity contribution in [2.45, 2.75) is 30.7 Å². The number of hydrogen-bond donors (Lipinski definition) is 2. The minimum Gasteiger partial charge on any atom is -0.310 e. The zero-order chi connectivity index (χ0) is 15.6. The summed E-state index contributed by atoms with van der Waals surface area (Å²) in [6, 6.07) is 14.8. The molecule has 0 amide bonds. The lowest BCUT2D eigenvalue weighted by Gasteiger charge is -2.13. The standard InChI is InChI=1S/C17H20N2O2S/c1-13-7-9-16(10-8-13)22(20,21)19-15-5-2-4-14(12-15)17-6-3-11-18-17/h2,4-5,7-10,12,17-19H,3,6,11H2,1H3. The van der Waals surface area contributed by atoms with Gasteiger partial charge in [0.15, 0.2) is 0 Å². The van der Waals surface area contributed by atoms with Crippen LogP contribution < -0.4 is 10.0 Å². The molecule has 5 heteroatoms. The smallest absolute Gasteiger partial charge is 0.261 e. The van der Waals surface area contributed by atoms with E-state index in [1.165, 1.54) is 0 Å². The lowest BCUT2D eigenvalue weighted by molar-refractivity contribution is 0.601. The van der Waals surface area contributed by atoms with Crippen LogP contribution in [0.15, 0.2) is 53.4 Å². The first-order chi connectivity index (χ1) is 10.5. The maximum absolute atomic E-state index is 12.4. The van der Waals surface area contributed by atoms with Gasteiger partial charge in [0.2, 0.25) is 0 Å². The molecule has 2 aromatic carbocycles. The fraction of sp³-hybridized carbons (Fsp3) is 0.294. The molecule has 1 fully saturated rings. The molecule has 0 spiro atoms. The second-order valence-electron chi connectivity index (χ2n) is 5.69. The van der Waals surface area contributed by atoms with Crippen LogP contribution in [-0.4, -0.2) is 15.0 Å². The van der Waals surface area contributed by atoms with Crippen LogP contribution in [0.4, 0.5) is 5.69 Å². The molecule has 1 saturated heterocycles. The summed E-state index contributed by atoms with van der Waals surface area (Å²) in [5, 5.41) is 3.42. The quantitative estimate of drug-likeness (QED) is 0.910. The third kappa shape index (κ3) is 3.31. The van der Waals surface area contributed by atoms with Gasteiger partial charge < -0.3 is 5.32 Å². The molecule has 4 nitrogen and oxygen atoms in total. The Bertz CT molecular complexity index is 748. The number of nitrogens with one attached hydrogen (secondary N) is 2. The second-order valence-corrected chi connectivity index (χ2v) is 7.38. The van der Waals surface area contributed by atoms with Crippen LogP contribution in [0.5, 0.6) is 0 Å². The van der Waals surface area contributed by atoms with E-state index in [4.69, 9.17) is 0 Å². The Morgan fingerprint density at radius 2 is 1.91 bits per heavy atom. The largest absolute Gasteiger partial charge is 0.310 e. The van der Waals surface area contributed by atoms with Crippen LogP contribution in [0.1, 0.15) is 30.0 Å². The van der Waals surface area contributed by atoms with E-state index in [1.807, 2.05) is 25.1 Å². The number of aryl methyl sites for hydroxylation is 1. The van der Waals surface area contributed by atoms with Crippen molar-refractivity contribution in [3.8, 4) is 0 Å². The van der Waals surface area contributed by atoms with Crippen LogP contribution in [0, 0.1) is 6.92 Å². The maximum Gasteiger partial charge on any atom is 0.261 e. The van der Waals surface area contributed by atoms with Gasteiger partial charge in [-0.3, -0.25) is 4.72 Å². The molecule has 1 unspecified atom stereocenters. The van der Waals surface area contributed by atoms with Crippen LogP contribution in [0.3, 0.4) is 0 Å². The number of anilines is 1. The lowest BCUT2D eigenvalue weighted by Crippen LogP contribution is -2.15. The van der Waals surface area contributed by atoms with E-state index in [0.717, 1.165) is 30.5 Å². The number of rotatable bonds is 4. The van der Waals surface area contributed by atoms with Gasteiger partial charge in [0.25, 0.3) is 10.0 Å². The molecule has 2 aromatic rings. The summed E-state index contributed by atoms with van der Waals surface area (Å²) in [5.74, 6) is 0. The first-order valence-electron chi connectivity index (χ1n) is 7.47. The molecule has 1 aliphatic rings. The molecule has 0 aromatic heterocycles. The summed E-state index contributed by atoms with van der Waals surface area (Å²) in [5.41, 5.74) is 2.77. The molecule has 1 heterocycles. The highest BCUT2D eigenvalue weighted by molar-refractivity contribution is 7.92. The fourth-order valence-corrected chi connectivity index (χ4v) is 3.77. The van der Waals surface area contributed by atoms with E-state index >= 15 is 0 Å². The van der Waals surface area contributed by atoms with E-state index in [0.29, 0.717) is 11.7 Å². The van der Waals surface area contributed by atoms with Crippen LogP contribution in [0.2, 0.25) is 0 Å². The van der Waals surface area contributed by atoms with Gasteiger partial charge in [-0.15, -0.1) is 0 Å². The summed E-state index contributed by atoms with van der Waals surface area (Å²) < 4.78 is 27.5. The summed E-state index contributed by atoms with van der Waals surface area (Å²) in [6.07, 6.45) is 2.25. The van der Waals surface area contributed by atoms with Crippen molar-refractivity contribution in [3.63, 3.8) is 0 Å². The third-order valence-electron chi connectivity index (χ3n) is 3.93. The van der Waals surface area contributed by atoms with E-state index in [9.17, 15) is 8.42 Å². The van der Waals surface area contributed by atoms with Crippen LogP contribution in [-0.2, 0) is 10.0 Å². The van der Waals surface area contributed by atoms with Gasteiger partial charge in [-0.1, -0.05) is 29.8 Å². The average molecular weight is 316 g/mol. The van der Waals surface area contributed by atoms with E-state index in [-0.39, 0.29) is 4.90 Å². The lowest BCUT2D eigenvalue weighted by atomic mass is 10.1. The Labute approximate surface area is 131 Å². The molecule has 0 aliphatic carbocycles. The van der Waals surface area contributed by atoms with Crippen LogP contribution in [0.25, 0.3) is 0 Å². The second kappa shape index (κ2) is 6.10. The number of hydrogen-bond acceptors (Lipinski definition) is 3. The first kappa shape index (κ1) is 15.1. The summed E-state index contributed by atoms with van der Waals surface area (Å²) in [4.78, 5) is 0.280. The molecule has 22 heavy (non-hydrogen) atoms. The van der Waals surface area contributed by atoms with Crippen molar-refractivity contribution in [1.82, 2.24) is 5.32 Å². The van der Waals surface area contributed by atoms with Gasteiger partial charge in [-0.05, 0) is 56.1 Å². The highest BCUT2D eigenvalue weighted by atomic mass is 32.2. The first-order valence-corrected chi connectivity index (χ1v) is 8.96. The summed E-state index contributed by atoms with van der Waals surface area (Å²) >= 11 is 0. The third-order valence-corrected chi connectivity index (χ3v) is 5.33. The Morgan fingerprint density at radius 1 is 1.14 bits per heavy atom. The normalized spacial score (nSPS) is 18.3. The monoisotopic (exact) mass is 316 g/mol. The van der Waals surface area contributed by atoms with Crippen molar-refractivity contribution < 1.29 is 8.42 Å². The zero-order valence-electron chi connectivity index (χ0n) is 12.5. The molecule has 1 aliphatic heterocycles. The molecule has 3 rings (SSSR count). The molecule has 116 valence electrons. The number of benzene rings is 2. The molecule has 2 N–H and O–H groups in total. The van der Waals surface area contributed by atoms with Gasteiger partial charge >= 0.3 is 0 Å². The summed E-state index contributed by atoms with van der Waals surface area (Å²) in [7, 11) is -3.54. The van der Waals surface area contributed by atoms with Crippen molar-refractivity contribution in [2.75, 3.05) is 11.3 Å². The molecular formula is C17H20N2O2S. The minimum absolute atomic E-state index is 0.280. The molecule has 0 saturated carbocycles. The summed E-state index contributed by atoms with van der Waals surface area (Å²) in [6.45, 7) is 2.95. The van der Waals surface area contributed by atoms with Gasteiger partial charge in [-0.2, -0.15) is 0 Å². The van der Waals surface area contributed by atoms with Gasteiger partial charge in [0, 0.05) is 11.7 Å². The van der Waals surface area contributed by atoms with Gasteiger partial charge in [0.1, 0.15) is 0 Å². The highest BCUT2D eigenvalue weighted by Crippen LogP contribution is 2.26. The predicted octanol–water partition coefficient (Wildman–Crippen LogP) is 3.22. The molecule has 1 atom stereocenters. The minimum atomic E-state index is -3.54. The van der Waals surface area contributed by atoms with Gasteiger partial charge in [0.05, 0.1) is 4.90 Å². The topological polar surface area (TPSA) is 58.2 Å². The van der Waals surface area contributed by atoms with Crippen molar-refractivity contribution in [1.29, 1.82) is 0 Å². The Balaban J connectivity index is 1.82. The van der Waals surface area contributed by atoms with E-state index in [1.54, 1.807) is 30.3 Å². The maximum atomic E-state index is 12.4. The van der Waals surface area contributed by atoms with E-state index in [2.05, 4.69) is 10.0 Å². The van der Waals surface area contributed by atoms with E-state index < -0.39 is 10.0 Å². The zero-order valence-corrected chi connectivity index (χ0v) is 13.4. The predicted molar refractivity (Wildman–Crippen MR) is 88.4 cm³/mol. The average Bonchev–Trinajstić information content (AvgIpc) is 3.02. The fourth-order valence-electron chi connectivity index (χ4n) is 2.72. The Kier molecular flexibility index (Phi) is 4.18. The van der Waals surface area contributed by atoms with Crippen molar-refractivity contribution in [3.05, 3.63) is 59.7 Å². The van der Waals surface area contributed by atoms with Crippen LogP contribution >= 0.6 is 0 Å². The van der Waals surface area contributed by atoms with Crippen molar-refractivity contribution >= 4 is 15.7 Å². The highest BCUT2D eigenvalue weighted by Gasteiger charge is 2.18.